The van der Waals surface area contributed by atoms with E-state index < -0.39 is 0 Å². The summed E-state index contributed by atoms with van der Waals surface area (Å²) in [4.78, 5) is 0. The monoisotopic (exact) mass is 257 g/mol. The van der Waals surface area contributed by atoms with E-state index in [1.807, 2.05) is 6.07 Å². The molecule has 0 radical (unpaired) electrons. The van der Waals surface area contributed by atoms with Crippen LogP contribution in [-0.4, -0.2) is 19.7 Å². The molecule has 2 rings (SSSR count). The summed E-state index contributed by atoms with van der Waals surface area (Å²) >= 11 is 0. The van der Waals surface area contributed by atoms with E-state index in [1.165, 1.54) is 10.8 Å². The fourth-order valence-electron chi connectivity index (χ4n) is 2.11. The van der Waals surface area contributed by atoms with E-state index in [1.54, 1.807) is 0 Å². The van der Waals surface area contributed by atoms with Gasteiger partial charge in [-0.2, -0.15) is 0 Å². The van der Waals surface area contributed by atoms with Crippen LogP contribution in [0.3, 0.4) is 0 Å². The standard InChI is InChI=1S/C17H23NO/c1-4-18-12-17(2,3)13-19-16-11-7-9-14-8-5-6-10-15(14)16/h5-11,18H,4,12-13H2,1-3H3. The molecule has 1 N–H and O–H groups in total. The van der Waals surface area contributed by atoms with E-state index in [0.29, 0.717) is 6.61 Å². The van der Waals surface area contributed by atoms with Gasteiger partial charge in [-0.3, -0.25) is 0 Å². The first-order valence-electron chi connectivity index (χ1n) is 6.94. The van der Waals surface area contributed by atoms with Crippen molar-refractivity contribution in [2.75, 3.05) is 19.7 Å². The summed E-state index contributed by atoms with van der Waals surface area (Å²) in [5, 5.41) is 5.79. The minimum Gasteiger partial charge on any atom is -0.492 e. The zero-order valence-electron chi connectivity index (χ0n) is 12.1. The van der Waals surface area contributed by atoms with E-state index in [9.17, 15) is 0 Å². The molecule has 0 heterocycles. The van der Waals surface area contributed by atoms with Crippen molar-refractivity contribution in [3.8, 4) is 5.75 Å². The summed E-state index contributed by atoms with van der Waals surface area (Å²) in [5.41, 5.74) is 0.132. The molecule has 2 aromatic carbocycles. The van der Waals surface area contributed by atoms with Gasteiger partial charge in [0, 0.05) is 17.3 Å². The molecular weight excluding hydrogens is 234 g/mol. The normalized spacial score (nSPS) is 11.7. The molecular formula is C17H23NO. The second kappa shape index (κ2) is 6.07. The third-order valence-electron chi connectivity index (χ3n) is 3.22. The van der Waals surface area contributed by atoms with Crippen molar-refractivity contribution in [3.63, 3.8) is 0 Å². The maximum atomic E-state index is 6.04. The Morgan fingerprint density at radius 2 is 1.79 bits per heavy atom. The van der Waals surface area contributed by atoms with E-state index in [0.717, 1.165) is 18.8 Å². The maximum absolute atomic E-state index is 6.04. The lowest BCUT2D eigenvalue weighted by Crippen LogP contribution is -2.34. The largest absolute Gasteiger partial charge is 0.492 e. The van der Waals surface area contributed by atoms with Crippen LogP contribution < -0.4 is 10.1 Å². The summed E-state index contributed by atoms with van der Waals surface area (Å²) in [6.07, 6.45) is 0. The number of nitrogens with one attached hydrogen (secondary N) is 1. The lowest BCUT2D eigenvalue weighted by molar-refractivity contribution is 0.179. The van der Waals surface area contributed by atoms with Crippen molar-refractivity contribution >= 4 is 10.8 Å². The smallest absolute Gasteiger partial charge is 0.127 e. The molecule has 0 aliphatic carbocycles. The highest BCUT2D eigenvalue weighted by molar-refractivity contribution is 5.88. The molecule has 2 aromatic rings. The Hall–Kier alpha value is -1.54. The fourth-order valence-corrected chi connectivity index (χ4v) is 2.11. The average molecular weight is 257 g/mol. The van der Waals surface area contributed by atoms with Crippen molar-refractivity contribution in [1.82, 2.24) is 5.32 Å². The minimum absolute atomic E-state index is 0.132. The number of ether oxygens (including phenoxy) is 1. The molecule has 0 aromatic heterocycles. The number of hydrogen-bond donors (Lipinski definition) is 1. The molecule has 0 amide bonds. The topological polar surface area (TPSA) is 21.3 Å². The second-order valence-electron chi connectivity index (χ2n) is 5.71. The first-order valence-corrected chi connectivity index (χ1v) is 6.94. The van der Waals surface area contributed by atoms with Crippen LogP contribution in [0.5, 0.6) is 5.75 Å². The molecule has 0 aliphatic rings. The zero-order chi connectivity index (χ0) is 13.7. The van der Waals surface area contributed by atoms with Crippen LogP contribution in [-0.2, 0) is 0 Å². The van der Waals surface area contributed by atoms with E-state index in [4.69, 9.17) is 4.74 Å². The molecule has 0 aliphatic heterocycles. The summed E-state index contributed by atoms with van der Waals surface area (Å²) in [6.45, 7) is 9.25. The molecule has 0 saturated carbocycles. The molecule has 0 unspecified atom stereocenters. The molecule has 102 valence electrons. The van der Waals surface area contributed by atoms with Crippen molar-refractivity contribution in [1.29, 1.82) is 0 Å². The van der Waals surface area contributed by atoms with Crippen LogP contribution >= 0.6 is 0 Å². The highest BCUT2D eigenvalue weighted by Crippen LogP contribution is 2.26. The molecule has 2 nitrogen and oxygen atoms in total. The highest BCUT2D eigenvalue weighted by Gasteiger charge is 2.18. The number of benzene rings is 2. The van der Waals surface area contributed by atoms with Gasteiger partial charge in [-0.15, -0.1) is 0 Å². The molecule has 19 heavy (non-hydrogen) atoms. The zero-order valence-corrected chi connectivity index (χ0v) is 12.1. The number of fused-ring (bicyclic) bond motifs is 1. The molecule has 0 bridgehead atoms. The van der Waals surface area contributed by atoms with E-state index >= 15 is 0 Å². The van der Waals surface area contributed by atoms with Gasteiger partial charge in [0.15, 0.2) is 0 Å². The van der Waals surface area contributed by atoms with Gasteiger partial charge in [0.25, 0.3) is 0 Å². The Morgan fingerprint density at radius 3 is 2.58 bits per heavy atom. The summed E-state index contributed by atoms with van der Waals surface area (Å²) in [7, 11) is 0. The lowest BCUT2D eigenvalue weighted by Gasteiger charge is -2.25. The van der Waals surface area contributed by atoms with Crippen molar-refractivity contribution in [2.24, 2.45) is 5.41 Å². The quantitative estimate of drug-likeness (QED) is 0.848. The predicted molar refractivity (Wildman–Crippen MR) is 81.8 cm³/mol. The first-order chi connectivity index (χ1) is 9.12. The fraction of sp³-hybridized carbons (Fsp3) is 0.412. The van der Waals surface area contributed by atoms with Gasteiger partial charge in [-0.05, 0) is 18.0 Å². The minimum atomic E-state index is 0.132. The predicted octanol–water partition coefficient (Wildman–Crippen LogP) is 3.85. The van der Waals surface area contributed by atoms with Crippen molar-refractivity contribution < 1.29 is 4.74 Å². The van der Waals surface area contributed by atoms with E-state index in [2.05, 4.69) is 62.5 Å². The molecule has 0 spiro atoms. The molecule has 0 saturated heterocycles. The average Bonchev–Trinajstić information content (AvgIpc) is 2.43. The van der Waals surface area contributed by atoms with Gasteiger partial charge in [0.05, 0.1) is 6.61 Å². The van der Waals surface area contributed by atoms with Crippen LogP contribution in [0, 0.1) is 5.41 Å². The molecule has 0 atom stereocenters. The first kappa shape index (κ1) is 13.9. The Labute approximate surface area is 115 Å². The van der Waals surface area contributed by atoms with Crippen LogP contribution in [0.2, 0.25) is 0 Å². The maximum Gasteiger partial charge on any atom is 0.127 e. The number of hydrogen-bond acceptors (Lipinski definition) is 2. The summed E-state index contributed by atoms with van der Waals surface area (Å²) < 4.78 is 6.04. The highest BCUT2D eigenvalue weighted by atomic mass is 16.5. The van der Waals surface area contributed by atoms with Crippen molar-refractivity contribution in [2.45, 2.75) is 20.8 Å². The summed E-state index contributed by atoms with van der Waals surface area (Å²) in [6, 6.07) is 14.6. The Kier molecular flexibility index (Phi) is 4.43. The Morgan fingerprint density at radius 1 is 1.05 bits per heavy atom. The SMILES string of the molecule is CCNCC(C)(C)COc1cccc2ccccc12. The van der Waals surface area contributed by atoms with Gasteiger partial charge in [0.2, 0.25) is 0 Å². The second-order valence-corrected chi connectivity index (χ2v) is 5.71. The Balaban J connectivity index is 2.09. The van der Waals surface area contributed by atoms with Gasteiger partial charge in [-0.25, -0.2) is 0 Å². The van der Waals surface area contributed by atoms with Crippen molar-refractivity contribution in [3.05, 3.63) is 42.5 Å². The molecule has 0 fully saturated rings. The summed E-state index contributed by atoms with van der Waals surface area (Å²) in [5.74, 6) is 0.975. The third kappa shape index (κ3) is 3.71. The van der Waals surface area contributed by atoms with Crippen LogP contribution in [0.15, 0.2) is 42.5 Å². The van der Waals surface area contributed by atoms with Gasteiger partial charge in [-0.1, -0.05) is 57.2 Å². The van der Waals surface area contributed by atoms with Gasteiger partial charge in [0.1, 0.15) is 5.75 Å². The van der Waals surface area contributed by atoms with E-state index in [-0.39, 0.29) is 5.41 Å². The van der Waals surface area contributed by atoms with Crippen LogP contribution in [0.1, 0.15) is 20.8 Å². The lowest BCUT2D eigenvalue weighted by atomic mass is 9.95. The Bertz CT molecular complexity index is 528. The van der Waals surface area contributed by atoms with Gasteiger partial charge >= 0.3 is 0 Å². The number of rotatable bonds is 6. The third-order valence-corrected chi connectivity index (χ3v) is 3.22. The van der Waals surface area contributed by atoms with Crippen LogP contribution in [0.25, 0.3) is 10.8 Å². The van der Waals surface area contributed by atoms with Gasteiger partial charge < -0.3 is 10.1 Å². The molecule has 2 heteroatoms. The van der Waals surface area contributed by atoms with Crippen LogP contribution in [0.4, 0.5) is 0 Å².